The minimum atomic E-state index is -0.695. The molecule has 6 nitrogen and oxygen atoms in total. The minimum absolute atomic E-state index is 0.216. The number of para-hydroxylation sites is 1. The molecule has 150 valence electrons. The van der Waals surface area contributed by atoms with Crippen LogP contribution in [0.3, 0.4) is 0 Å². The molecule has 0 aliphatic heterocycles. The Morgan fingerprint density at radius 3 is 2.43 bits per heavy atom. The van der Waals surface area contributed by atoms with Crippen LogP contribution in [-0.2, 0) is 4.79 Å². The van der Waals surface area contributed by atoms with E-state index < -0.39 is 6.10 Å². The summed E-state index contributed by atoms with van der Waals surface area (Å²) in [6.45, 7) is 6.48. The Labute approximate surface area is 166 Å². The summed E-state index contributed by atoms with van der Waals surface area (Å²) >= 11 is 0. The highest BCUT2D eigenvalue weighted by Crippen LogP contribution is 2.22. The van der Waals surface area contributed by atoms with Crippen molar-refractivity contribution in [1.82, 2.24) is 5.32 Å². The molecule has 0 saturated heterocycles. The maximum absolute atomic E-state index is 12.7. The quantitative estimate of drug-likeness (QED) is 0.688. The molecular weight excluding hydrogens is 356 g/mol. The average molecular weight is 384 g/mol. The zero-order valence-electron chi connectivity index (χ0n) is 16.8. The Morgan fingerprint density at radius 2 is 1.75 bits per heavy atom. The first-order valence-corrected chi connectivity index (χ1v) is 9.43. The molecule has 0 aromatic heterocycles. The summed E-state index contributed by atoms with van der Waals surface area (Å²) in [5.74, 6) is 1.01. The second kappa shape index (κ2) is 10.3. The van der Waals surface area contributed by atoms with E-state index in [1.54, 1.807) is 55.6 Å². The second-order valence-corrected chi connectivity index (χ2v) is 6.83. The number of hydrogen-bond acceptors (Lipinski definition) is 4. The van der Waals surface area contributed by atoms with Gasteiger partial charge in [0.1, 0.15) is 11.5 Å². The Morgan fingerprint density at radius 1 is 1.04 bits per heavy atom. The standard InChI is InChI=1S/C22H28N2O4/c1-5-20(28-17-10-8-9-16(13-17)27-4)22(26)24-19-12-7-6-11-18(19)21(25)23-14-15(2)3/h6-13,15,20H,5,14H2,1-4H3,(H,23,25)(H,24,26)/t20-/m1/s1. The molecule has 2 aromatic carbocycles. The molecule has 1 atom stereocenters. The number of methoxy groups -OCH3 is 1. The van der Waals surface area contributed by atoms with E-state index in [9.17, 15) is 9.59 Å². The number of hydrogen-bond donors (Lipinski definition) is 2. The molecule has 6 heteroatoms. The minimum Gasteiger partial charge on any atom is -0.497 e. The van der Waals surface area contributed by atoms with Crippen LogP contribution in [0.4, 0.5) is 5.69 Å². The lowest BCUT2D eigenvalue weighted by Gasteiger charge is -2.19. The van der Waals surface area contributed by atoms with E-state index >= 15 is 0 Å². The van der Waals surface area contributed by atoms with Gasteiger partial charge in [0.2, 0.25) is 0 Å². The van der Waals surface area contributed by atoms with Crippen molar-refractivity contribution in [2.45, 2.75) is 33.3 Å². The predicted octanol–water partition coefficient (Wildman–Crippen LogP) is 3.88. The molecule has 0 spiro atoms. The van der Waals surface area contributed by atoms with E-state index in [1.165, 1.54) is 0 Å². The first-order chi connectivity index (χ1) is 13.4. The zero-order valence-corrected chi connectivity index (χ0v) is 16.8. The van der Waals surface area contributed by atoms with Gasteiger partial charge in [0.05, 0.1) is 18.4 Å². The topological polar surface area (TPSA) is 76.7 Å². The van der Waals surface area contributed by atoms with Gasteiger partial charge in [0.25, 0.3) is 11.8 Å². The molecule has 0 saturated carbocycles. The van der Waals surface area contributed by atoms with Gasteiger partial charge < -0.3 is 20.1 Å². The molecule has 0 unspecified atom stereocenters. The second-order valence-electron chi connectivity index (χ2n) is 6.83. The van der Waals surface area contributed by atoms with Crippen molar-refractivity contribution in [2.75, 3.05) is 19.0 Å². The average Bonchev–Trinajstić information content (AvgIpc) is 2.70. The van der Waals surface area contributed by atoms with E-state index in [-0.39, 0.29) is 11.8 Å². The number of rotatable bonds is 9. The van der Waals surface area contributed by atoms with Crippen LogP contribution in [0.25, 0.3) is 0 Å². The summed E-state index contributed by atoms with van der Waals surface area (Å²) in [5, 5.41) is 5.70. The molecule has 2 amide bonds. The zero-order chi connectivity index (χ0) is 20.5. The molecule has 2 rings (SSSR count). The first kappa shape index (κ1) is 21.3. The molecule has 2 N–H and O–H groups in total. The van der Waals surface area contributed by atoms with Crippen LogP contribution in [0.5, 0.6) is 11.5 Å². The summed E-state index contributed by atoms with van der Waals surface area (Å²) in [7, 11) is 1.57. The van der Waals surface area contributed by atoms with Gasteiger partial charge in [-0.25, -0.2) is 0 Å². The monoisotopic (exact) mass is 384 g/mol. The molecule has 0 bridgehead atoms. The number of ether oxygens (including phenoxy) is 2. The third-order valence-electron chi connectivity index (χ3n) is 4.08. The molecule has 0 radical (unpaired) electrons. The highest BCUT2D eigenvalue weighted by Gasteiger charge is 2.21. The van der Waals surface area contributed by atoms with Crippen LogP contribution in [0.15, 0.2) is 48.5 Å². The van der Waals surface area contributed by atoms with Crippen molar-refractivity contribution in [1.29, 1.82) is 0 Å². The van der Waals surface area contributed by atoms with Gasteiger partial charge in [0, 0.05) is 12.6 Å². The number of benzene rings is 2. The summed E-state index contributed by atoms with van der Waals surface area (Å²) in [5.41, 5.74) is 0.884. The lowest BCUT2D eigenvalue weighted by molar-refractivity contribution is -0.122. The van der Waals surface area contributed by atoms with E-state index in [0.717, 1.165) is 0 Å². The number of amides is 2. The Kier molecular flexibility index (Phi) is 7.87. The normalized spacial score (nSPS) is 11.6. The van der Waals surface area contributed by atoms with Crippen molar-refractivity contribution in [3.05, 3.63) is 54.1 Å². The Bertz CT molecular complexity index is 805. The lowest BCUT2D eigenvalue weighted by Crippen LogP contribution is -2.34. The molecule has 0 fully saturated rings. The number of carbonyl (C=O) groups is 2. The van der Waals surface area contributed by atoms with Crippen molar-refractivity contribution in [3.8, 4) is 11.5 Å². The molecule has 0 aliphatic rings. The highest BCUT2D eigenvalue weighted by molar-refractivity contribution is 6.04. The van der Waals surface area contributed by atoms with Crippen molar-refractivity contribution in [3.63, 3.8) is 0 Å². The lowest BCUT2D eigenvalue weighted by atomic mass is 10.1. The molecule has 0 heterocycles. The summed E-state index contributed by atoms with van der Waals surface area (Å²) in [4.78, 5) is 25.2. The smallest absolute Gasteiger partial charge is 0.265 e. The fourth-order valence-electron chi connectivity index (χ4n) is 2.56. The Hall–Kier alpha value is -3.02. The highest BCUT2D eigenvalue weighted by atomic mass is 16.5. The van der Waals surface area contributed by atoms with Crippen LogP contribution in [0, 0.1) is 5.92 Å². The van der Waals surface area contributed by atoms with Crippen LogP contribution in [0.1, 0.15) is 37.6 Å². The third kappa shape index (κ3) is 6.01. The van der Waals surface area contributed by atoms with E-state index in [2.05, 4.69) is 10.6 Å². The van der Waals surface area contributed by atoms with Crippen LogP contribution < -0.4 is 20.1 Å². The first-order valence-electron chi connectivity index (χ1n) is 9.43. The maximum Gasteiger partial charge on any atom is 0.265 e. The van der Waals surface area contributed by atoms with Crippen LogP contribution in [0.2, 0.25) is 0 Å². The van der Waals surface area contributed by atoms with E-state index in [0.29, 0.717) is 41.6 Å². The van der Waals surface area contributed by atoms with Crippen LogP contribution in [-0.4, -0.2) is 31.6 Å². The Balaban J connectivity index is 2.10. The molecule has 2 aromatic rings. The van der Waals surface area contributed by atoms with E-state index in [4.69, 9.17) is 9.47 Å². The van der Waals surface area contributed by atoms with Gasteiger partial charge in [-0.3, -0.25) is 9.59 Å². The molecule has 0 aliphatic carbocycles. The largest absolute Gasteiger partial charge is 0.497 e. The summed E-state index contributed by atoms with van der Waals surface area (Å²) < 4.78 is 11.0. The van der Waals surface area contributed by atoms with Crippen molar-refractivity contribution < 1.29 is 19.1 Å². The van der Waals surface area contributed by atoms with Gasteiger partial charge in [-0.15, -0.1) is 0 Å². The number of anilines is 1. The van der Waals surface area contributed by atoms with Gasteiger partial charge >= 0.3 is 0 Å². The fraction of sp³-hybridized carbons (Fsp3) is 0.364. The van der Waals surface area contributed by atoms with Crippen molar-refractivity contribution >= 4 is 17.5 Å². The van der Waals surface area contributed by atoms with Gasteiger partial charge in [-0.2, -0.15) is 0 Å². The molecule has 28 heavy (non-hydrogen) atoms. The number of nitrogens with one attached hydrogen (secondary N) is 2. The SMILES string of the molecule is CC[C@@H](Oc1cccc(OC)c1)C(=O)Nc1ccccc1C(=O)NCC(C)C. The van der Waals surface area contributed by atoms with Gasteiger partial charge in [0.15, 0.2) is 6.10 Å². The maximum atomic E-state index is 12.7. The van der Waals surface area contributed by atoms with Crippen molar-refractivity contribution in [2.24, 2.45) is 5.92 Å². The van der Waals surface area contributed by atoms with Gasteiger partial charge in [-0.05, 0) is 36.6 Å². The fourth-order valence-corrected chi connectivity index (χ4v) is 2.56. The summed E-state index contributed by atoms with van der Waals surface area (Å²) in [6, 6.07) is 14.0. The summed E-state index contributed by atoms with van der Waals surface area (Å²) in [6.07, 6.45) is -0.219. The van der Waals surface area contributed by atoms with E-state index in [1.807, 2.05) is 20.8 Å². The predicted molar refractivity (Wildman–Crippen MR) is 110 cm³/mol. The third-order valence-corrected chi connectivity index (χ3v) is 4.08. The number of carbonyl (C=O) groups excluding carboxylic acids is 2. The van der Waals surface area contributed by atoms with Crippen LogP contribution >= 0.6 is 0 Å². The van der Waals surface area contributed by atoms with Gasteiger partial charge in [-0.1, -0.05) is 39.0 Å². The molecular formula is C22H28N2O4.